The van der Waals surface area contributed by atoms with Gasteiger partial charge in [0.25, 0.3) is 5.56 Å². The normalized spacial score (nSPS) is 25.7. The Bertz CT molecular complexity index is 936. The molecule has 1 fully saturated rings. The SMILES string of the molecule is CC(C)(C)OP(=O)(O)OC[C@H]1O[C@@H](n2cnc3c(=O)[nH]c(N)nc32)CC1O. The molecule has 2 aromatic rings. The van der Waals surface area contributed by atoms with Gasteiger partial charge in [-0.05, 0) is 20.8 Å². The molecule has 2 unspecified atom stereocenters. The zero-order chi connectivity index (χ0) is 20.0. The van der Waals surface area contributed by atoms with Gasteiger partial charge in [-0.2, -0.15) is 4.98 Å². The van der Waals surface area contributed by atoms with Crippen molar-refractivity contribution < 1.29 is 28.3 Å². The van der Waals surface area contributed by atoms with Gasteiger partial charge in [-0.25, -0.2) is 9.55 Å². The number of aromatic nitrogens is 4. The molecule has 3 rings (SSSR count). The molecular formula is C14H22N5O7P. The molecule has 0 bridgehead atoms. The number of aliphatic hydroxyl groups is 1. The molecule has 27 heavy (non-hydrogen) atoms. The average Bonchev–Trinajstić information content (AvgIpc) is 3.06. The van der Waals surface area contributed by atoms with Crippen molar-refractivity contribution >= 4 is 24.9 Å². The van der Waals surface area contributed by atoms with Gasteiger partial charge in [0.05, 0.1) is 24.6 Å². The molecule has 1 saturated heterocycles. The van der Waals surface area contributed by atoms with Crippen molar-refractivity contribution in [3.05, 3.63) is 16.7 Å². The van der Waals surface area contributed by atoms with Crippen molar-refractivity contribution in [2.75, 3.05) is 12.3 Å². The zero-order valence-electron chi connectivity index (χ0n) is 15.0. The predicted octanol–water partition coefficient (Wildman–Crippen LogP) is 0.282. The quantitative estimate of drug-likeness (QED) is 0.507. The van der Waals surface area contributed by atoms with Gasteiger partial charge in [0.1, 0.15) is 12.3 Å². The lowest BCUT2D eigenvalue weighted by atomic mass is 10.2. The third-order valence-electron chi connectivity index (χ3n) is 3.76. The second kappa shape index (κ2) is 6.97. The van der Waals surface area contributed by atoms with Crippen LogP contribution in [0.5, 0.6) is 0 Å². The maximum Gasteiger partial charge on any atom is 0.472 e. The first-order valence-electron chi connectivity index (χ1n) is 8.19. The maximum atomic E-state index is 11.9. The monoisotopic (exact) mass is 403 g/mol. The van der Waals surface area contributed by atoms with E-state index in [-0.39, 0.29) is 30.1 Å². The number of rotatable bonds is 5. The number of hydrogen-bond donors (Lipinski definition) is 4. The molecule has 4 atom stereocenters. The fraction of sp³-hybridized carbons (Fsp3) is 0.643. The Labute approximate surface area is 153 Å². The van der Waals surface area contributed by atoms with Gasteiger partial charge in [0.15, 0.2) is 11.2 Å². The van der Waals surface area contributed by atoms with Crippen LogP contribution < -0.4 is 11.3 Å². The van der Waals surface area contributed by atoms with Crippen LogP contribution in [0.25, 0.3) is 11.2 Å². The number of phosphoric ester groups is 1. The number of hydrogen-bond acceptors (Lipinski definition) is 9. The van der Waals surface area contributed by atoms with E-state index in [1.807, 2.05) is 0 Å². The third-order valence-corrected chi connectivity index (χ3v) is 5.01. The van der Waals surface area contributed by atoms with Crippen LogP contribution in [-0.4, -0.2) is 53.9 Å². The van der Waals surface area contributed by atoms with Crippen LogP contribution in [0.4, 0.5) is 5.95 Å². The summed E-state index contributed by atoms with van der Waals surface area (Å²) in [5.41, 5.74) is 4.48. The molecule has 0 aromatic carbocycles. The molecule has 0 spiro atoms. The highest BCUT2D eigenvalue weighted by molar-refractivity contribution is 7.47. The molecule has 0 saturated carbocycles. The van der Waals surface area contributed by atoms with Gasteiger partial charge in [-0.1, -0.05) is 0 Å². The number of anilines is 1. The number of aromatic amines is 1. The standard InChI is InChI=1S/C14H22N5O7P/c1-14(2,3)26-27(22,23)24-5-8-7(20)4-9(25-8)19-6-16-10-11(19)17-13(15)18-12(10)21/h6-9,20H,4-5H2,1-3H3,(H,22,23)(H3,15,17,18,21)/t7?,8-,9-/m1/s1. The number of nitrogen functional groups attached to an aromatic ring is 1. The van der Waals surface area contributed by atoms with Gasteiger partial charge in [-0.3, -0.25) is 23.4 Å². The highest BCUT2D eigenvalue weighted by atomic mass is 31.2. The molecule has 13 heteroatoms. The number of H-pyrrole nitrogens is 1. The molecule has 12 nitrogen and oxygen atoms in total. The van der Waals surface area contributed by atoms with Crippen molar-refractivity contribution in [2.45, 2.75) is 51.2 Å². The molecule has 0 aliphatic carbocycles. The summed E-state index contributed by atoms with van der Waals surface area (Å²) in [5.74, 6) is -0.0757. The Kier molecular flexibility index (Phi) is 5.14. The zero-order valence-corrected chi connectivity index (χ0v) is 15.9. The lowest BCUT2D eigenvalue weighted by Gasteiger charge is -2.24. The molecule has 1 aliphatic rings. The summed E-state index contributed by atoms with van der Waals surface area (Å²) in [6.45, 7) is 4.48. The minimum atomic E-state index is -4.31. The number of nitrogens with two attached hydrogens (primary N) is 1. The van der Waals surface area contributed by atoms with E-state index in [0.717, 1.165) is 0 Å². The maximum absolute atomic E-state index is 11.9. The first-order valence-corrected chi connectivity index (χ1v) is 9.69. The van der Waals surface area contributed by atoms with Gasteiger partial charge in [0, 0.05) is 6.42 Å². The van der Waals surface area contributed by atoms with Gasteiger partial charge in [0.2, 0.25) is 5.95 Å². The predicted molar refractivity (Wildman–Crippen MR) is 93.7 cm³/mol. The van der Waals surface area contributed by atoms with E-state index in [1.54, 1.807) is 20.8 Å². The summed E-state index contributed by atoms with van der Waals surface area (Å²) in [7, 11) is -4.31. The number of imidazole rings is 1. The summed E-state index contributed by atoms with van der Waals surface area (Å²) in [4.78, 5) is 32.0. The van der Waals surface area contributed by atoms with Crippen molar-refractivity contribution in [3.8, 4) is 0 Å². The topological polar surface area (TPSA) is 175 Å². The number of nitrogens with zero attached hydrogens (tertiary/aromatic N) is 3. The Morgan fingerprint density at radius 1 is 1.52 bits per heavy atom. The minimum Gasteiger partial charge on any atom is -0.390 e. The number of aliphatic hydroxyl groups excluding tert-OH is 1. The number of phosphoric acid groups is 1. The van der Waals surface area contributed by atoms with E-state index < -0.39 is 37.4 Å². The smallest absolute Gasteiger partial charge is 0.390 e. The minimum absolute atomic E-state index is 0.0757. The van der Waals surface area contributed by atoms with E-state index in [9.17, 15) is 19.4 Å². The van der Waals surface area contributed by atoms with Crippen LogP contribution in [0.3, 0.4) is 0 Å². The van der Waals surface area contributed by atoms with Crippen molar-refractivity contribution in [1.82, 2.24) is 19.5 Å². The second-order valence-electron chi connectivity index (χ2n) is 7.18. The number of fused-ring (bicyclic) bond motifs is 1. The molecule has 0 radical (unpaired) electrons. The van der Waals surface area contributed by atoms with E-state index in [2.05, 4.69) is 15.0 Å². The first kappa shape index (κ1) is 19.9. The van der Waals surface area contributed by atoms with Crippen LogP contribution in [0, 0.1) is 0 Å². The Balaban J connectivity index is 1.72. The Hall–Kier alpha value is -1.82. The van der Waals surface area contributed by atoms with Crippen LogP contribution in [-0.2, 0) is 18.3 Å². The summed E-state index contributed by atoms with van der Waals surface area (Å²) >= 11 is 0. The van der Waals surface area contributed by atoms with E-state index >= 15 is 0 Å². The molecule has 150 valence electrons. The lowest BCUT2D eigenvalue weighted by Crippen LogP contribution is -2.27. The average molecular weight is 403 g/mol. The van der Waals surface area contributed by atoms with E-state index in [4.69, 9.17) is 19.5 Å². The van der Waals surface area contributed by atoms with Crippen LogP contribution >= 0.6 is 7.82 Å². The third kappa shape index (κ3) is 4.54. The molecule has 5 N–H and O–H groups in total. The fourth-order valence-corrected chi connectivity index (χ4v) is 3.81. The largest absolute Gasteiger partial charge is 0.472 e. The molecule has 3 heterocycles. The molecule has 2 aromatic heterocycles. The summed E-state index contributed by atoms with van der Waals surface area (Å²) < 4.78 is 29.0. The summed E-state index contributed by atoms with van der Waals surface area (Å²) in [6, 6.07) is 0. The Morgan fingerprint density at radius 3 is 2.89 bits per heavy atom. The second-order valence-corrected chi connectivity index (χ2v) is 8.55. The molecule has 1 aliphatic heterocycles. The molecular weight excluding hydrogens is 381 g/mol. The van der Waals surface area contributed by atoms with Crippen molar-refractivity contribution in [2.24, 2.45) is 0 Å². The van der Waals surface area contributed by atoms with Crippen LogP contribution in [0.2, 0.25) is 0 Å². The summed E-state index contributed by atoms with van der Waals surface area (Å²) in [5, 5.41) is 10.2. The first-order chi connectivity index (χ1) is 12.5. The number of nitrogens with one attached hydrogen (secondary N) is 1. The molecule has 0 amide bonds. The fourth-order valence-electron chi connectivity index (χ4n) is 2.73. The lowest BCUT2D eigenvalue weighted by molar-refractivity contribution is -0.0477. The number of ether oxygens (including phenoxy) is 1. The highest BCUT2D eigenvalue weighted by Crippen LogP contribution is 2.47. The van der Waals surface area contributed by atoms with Crippen molar-refractivity contribution in [3.63, 3.8) is 0 Å². The van der Waals surface area contributed by atoms with Crippen LogP contribution in [0.15, 0.2) is 11.1 Å². The van der Waals surface area contributed by atoms with E-state index in [0.29, 0.717) is 0 Å². The van der Waals surface area contributed by atoms with Gasteiger partial charge >= 0.3 is 7.82 Å². The van der Waals surface area contributed by atoms with E-state index in [1.165, 1.54) is 10.9 Å². The van der Waals surface area contributed by atoms with Gasteiger partial charge in [-0.15, -0.1) is 0 Å². The summed E-state index contributed by atoms with van der Waals surface area (Å²) in [6.07, 6.45) is -1.05. The van der Waals surface area contributed by atoms with Crippen LogP contribution in [0.1, 0.15) is 33.4 Å². The van der Waals surface area contributed by atoms with Gasteiger partial charge < -0.3 is 20.5 Å². The Morgan fingerprint density at radius 2 is 2.22 bits per heavy atom. The highest BCUT2D eigenvalue weighted by Gasteiger charge is 2.38. The van der Waals surface area contributed by atoms with Crippen molar-refractivity contribution in [1.29, 1.82) is 0 Å².